The molecular weight excluding hydrogens is 285 g/mol. The fourth-order valence-electron chi connectivity index (χ4n) is 1.43. The Balaban J connectivity index is 1.90. The van der Waals surface area contributed by atoms with E-state index in [-0.39, 0.29) is 12.4 Å². The van der Waals surface area contributed by atoms with Gasteiger partial charge < -0.3 is 4.74 Å². The van der Waals surface area contributed by atoms with E-state index >= 15 is 0 Å². The molecule has 0 amide bonds. The van der Waals surface area contributed by atoms with Gasteiger partial charge in [-0.05, 0) is 33.6 Å². The molecule has 1 aromatic heterocycles. The van der Waals surface area contributed by atoms with Gasteiger partial charge in [-0.1, -0.05) is 18.2 Å². The van der Waals surface area contributed by atoms with Gasteiger partial charge in [-0.2, -0.15) is 0 Å². The van der Waals surface area contributed by atoms with Gasteiger partial charge in [0.25, 0.3) is 0 Å². The average Bonchev–Trinajstić information content (AvgIpc) is 2.32. The Hall–Kier alpha value is -1.26. The lowest BCUT2D eigenvalue weighted by Gasteiger charge is -2.05. The quantitative estimate of drug-likeness (QED) is 0.858. The molecule has 2 aromatic rings. The van der Waals surface area contributed by atoms with Crippen LogP contribution in [0, 0.1) is 5.82 Å². The molecule has 0 radical (unpaired) electrons. The summed E-state index contributed by atoms with van der Waals surface area (Å²) in [5.41, 5.74) is 1.52. The van der Waals surface area contributed by atoms with E-state index in [9.17, 15) is 4.39 Å². The summed E-state index contributed by atoms with van der Waals surface area (Å²) in [6, 6.07) is 8.53. The summed E-state index contributed by atoms with van der Waals surface area (Å²) in [4.78, 5) is 4.03. The molecule has 88 valence electrons. The largest absolute Gasteiger partial charge is 0.372 e. The Morgan fingerprint density at radius 3 is 2.76 bits per heavy atom. The minimum absolute atomic E-state index is 0.236. The molecule has 2 nitrogen and oxygen atoms in total. The van der Waals surface area contributed by atoms with Crippen LogP contribution in [0.2, 0.25) is 0 Å². The van der Waals surface area contributed by atoms with Gasteiger partial charge in [0.2, 0.25) is 0 Å². The Morgan fingerprint density at radius 1 is 1.18 bits per heavy atom. The van der Waals surface area contributed by atoms with E-state index in [2.05, 4.69) is 20.9 Å². The number of halogens is 2. The van der Waals surface area contributed by atoms with Gasteiger partial charge >= 0.3 is 0 Å². The van der Waals surface area contributed by atoms with Gasteiger partial charge in [0.05, 0.1) is 13.2 Å². The summed E-state index contributed by atoms with van der Waals surface area (Å²) in [5.74, 6) is -0.236. The van der Waals surface area contributed by atoms with Crippen LogP contribution in [0.3, 0.4) is 0 Å². The second-order valence-corrected chi connectivity index (χ2v) is 4.51. The van der Waals surface area contributed by atoms with Crippen molar-refractivity contribution in [3.63, 3.8) is 0 Å². The first kappa shape index (κ1) is 12.2. The van der Waals surface area contributed by atoms with E-state index in [0.717, 1.165) is 10.0 Å². The zero-order valence-electron chi connectivity index (χ0n) is 9.07. The molecule has 0 saturated heterocycles. The molecule has 0 atom stereocenters. The molecule has 0 fully saturated rings. The van der Waals surface area contributed by atoms with Gasteiger partial charge in [0.1, 0.15) is 5.82 Å². The summed E-state index contributed by atoms with van der Waals surface area (Å²) in [7, 11) is 0. The Morgan fingerprint density at radius 2 is 2.00 bits per heavy atom. The first-order valence-electron chi connectivity index (χ1n) is 5.16. The van der Waals surface area contributed by atoms with Gasteiger partial charge in [-0.25, -0.2) is 4.39 Å². The van der Waals surface area contributed by atoms with Crippen molar-refractivity contribution in [2.24, 2.45) is 0 Å². The fourth-order valence-corrected chi connectivity index (χ4v) is 1.84. The van der Waals surface area contributed by atoms with E-state index in [4.69, 9.17) is 4.74 Å². The summed E-state index contributed by atoms with van der Waals surface area (Å²) in [6.45, 7) is 0.681. The molecule has 4 heteroatoms. The predicted octanol–water partition coefficient (Wildman–Crippen LogP) is 3.70. The highest BCUT2D eigenvalue weighted by Gasteiger charge is 2.01. The highest BCUT2D eigenvalue weighted by molar-refractivity contribution is 9.10. The minimum Gasteiger partial charge on any atom is -0.372 e. The predicted molar refractivity (Wildman–Crippen MR) is 66.8 cm³/mol. The van der Waals surface area contributed by atoms with E-state index in [1.165, 1.54) is 6.07 Å². The molecule has 1 heterocycles. The van der Waals surface area contributed by atoms with Gasteiger partial charge in [0.15, 0.2) is 0 Å². The van der Waals surface area contributed by atoms with Crippen LogP contribution in [0.4, 0.5) is 4.39 Å². The Labute approximate surface area is 108 Å². The van der Waals surface area contributed by atoms with E-state index in [1.807, 2.05) is 6.07 Å². The summed E-state index contributed by atoms with van der Waals surface area (Å²) in [6.07, 6.45) is 3.44. The van der Waals surface area contributed by atoms with E-state index in [0.29, 0.717) is 12.2 Å². The Bertz CT molecular complexity index is 504. The first-order valence-corrected chi connectivity index (χ1v) is 5.95. The molecule has 1 aromatic carbocycles. The number of nitrogens with zero attached hydrogens (tertiary/aromatic N) is 1. The number of hydrogen-bond donors (Lipinski definition) is 0. The van der Waals surface area contributed by atoms with Crippen molar-refractivity contribution in [2.75, 3.05) is 0 Å². The number of rotatable bonds is 4. The summed E-state index contributed by atoms with van der Waals surface area (Å²) >= 11 is 3.33. The van der Waals surface area contributed by atoms with Gasteiger partial charge in [-0.15, -0.1) is 0 Å². The highest BCUT2D eigenvalue weighted by atomic mass is 79.9. The smallest absolute Gasteiger partial charge is 0.128 e. The third kappa shape index (κ3) is 3.61. The van der Waals surface area contributed by atoms with Crippen LogP contribution in [0.25, 0.3) is 0 Å². The van der Waals surface area contributed by atoms with Crippen molar-refractivity contribution in [3.8, 4) is 0 Å². The molecule has 0 spiro atoms. The molecular formula is C13H11BrFNO. The van der Waals surface area contributed by atoms with Crippen LogP contribution in [-0.4, -0.2) is 4.98 Å². The second-order valence-electron chi connectivity index (χ2n) is 3.60. The third-order valence-corrected chi connectivity index (χ3v) is 2.68. The maximum absolute atomic E-state index is 13.3. The number of hydrogen-bond acceptors (Lipinski definition) is 2. The standard InChI is InChI=1S/C13H11BrFNO/c14-12-5-10(6-16-7-12)8-17-9-11-3-1-2-4-13(11)15/h1-7H,8-9H2. The van der Waals surface area contributed by atoms with Gasteiger partial charge in [0, 0.05) is 22.4 Å². The van der Waals surface area contributed by atoms with Crippen LogP contribution >= 0.6 is 15.9 Å². The SMILES string of the molecule is Fc1ccccc1COCc1cncc(Br)c1. The molecule has 17 heavy (non-hydrogen) atoms. The molecule has 0 bridgehead atoms. The van der Waals surface area contributed by atoms with Gasteiger partial charge in [-0.3, -0.25) is 4.98 Å². The molecule has 0 aliphatic rings. The topological polar surface area (TPSA) is 22.1 Å². The van der Waals surface area contributed by atoms with Crippen LogP contribution in [0.5, 0.6) is 0 Å². The first-order chi connectivity index (χ1) is 8.25. The molecule has 0 saturated carbocycles. The maximum atomic E-state index is 13.3. The summed E-state index contributed by atoms with van der Waals surface area (Å²) in [5, 5.41) is 0. The lowest BCUT2D eigenvalue weighted by molar-refractivity contribution is 0.104. The molecule has 0 aliphatic heterocycles. The average molecular weight is 296 g/mol. The van der Waals surface area contributed by atoms with E-state index < -0.39 is 0 Å². The van der Waals surface area contributed by atoms with Crippen molar-refractivity contribution < 1.29 is 9.13 Å². The number of ether oxygens (including phenoxy) is 1. The van der Waals surface area contributed by atoms with Crippen LogP contribution < -0.4 is 0 Å². The normalized spacial score (nSPS) is 10.5. The lowest BCUT2D eigenvalue weighted by atomic mass is 10.2. The van der Waals surface area contributed by atoms with Crippen molar-refractivity contribution in [1.29, 1.82) is 0 Å². The van der Waals surface area contributed by atoms with Crippen molar-refractivity contribution >= 4 is 15.9 Å². The summed E-state index contributed by atoms with van der Waals surface area (Å²) < 4.78 is 19.6. The third-order valence-electron chi connectivity index (χ3n) is 2.25. The van der Waals surface area contributed by atoms with Crippen molar-refractivity contribution in [2.45, 2.75) is 13.2 Å². The second kappa shape index (κ2) is 5.89. The number of pyridine rings is 1. The molecule has 0 N–H and O–H groups in total. The molecule has 2 rings (SSSR count). The zero-order valence-corrected chi connectivity index (χ0v) is 10.7. The number of benzene rings is 1. The van der Waals surface area contributed by atoms with Crippen LogP contribution in [-0.2, 0) is 18.0 Å². The number of aromatic nitrogens is 1. The van der Waals surface area contributed by atoms with Crippen molar-refractivity contribution in [1.82, 2.24) is 4.98 Å². The zero-order chi connectivity index (χ0) is 12.1. The fraction of sp³-hybridized carbons (Fsp3) is 0.154. The maximum Gasteiger partial charge on any atom is 0.128 e. The lowest BCUT2D eigenvalue weighted by Crippen LogP contribution is -1.97. The highest BCUT2D eigenvalue weighted by Crippen LogP contribution is 2.12. The molecule has 0 aliphatic carbocycles. The Kier molecular flexibility index (Phi) is 4.23. The minimum atomic E-state index is -0.236. The van der Waals surface area contributed by atoms with Crippen LogP contribution in [0.1, 0.15) is 11.1 Å². The van der Waals surface area contributed by atoms with E-state index in [1.54, 1.807) is 30.6 Å². The molecule has 0 unspecified atom stereocenters. The van der Waals surface area contributed by atoms with Crippen molar-refractivity contribution in [3.05, 3.63) is 64.1 Å². The van der Waals surface area contributed by atoms with Crippen LogP contribution in [0.15, 0.2) is 47.2 Å². The monoisotopic (exact) mass is 295 g/mol.